The Morgan fingerprint density at radius 1 is 1.32 bits per heavy atom. The number of carbonyl (C=O) groups is 1. The summed E-state index contributed by atoms with van der Waals surface area (Å²) in [6.07, 6.45) is -3.26. The molecule has 1 aliphatic heterocycles. The normalized spacial score (nSPS) is 23.3. The van der Waals surface area contributed by atoms with Gasteiger partial charge in [-0.2, -0.15) is 8.42 Å². The van der Waals surface area contributed by atoms with E-state index in [2.05, 4.69) is 4.99 Å². The topological polar surface area (TPSA) is 140 Å². The Labute approximate surface area is 188 Å². The molecule has 1 saturated heterocycles. The van der Waals surface area contributed by atoms with Crippen LogP contribution in [0.1, 0.15) is 13.8 Å². The van der Waals surface area contributed by atoms with Crippen LogP contribution in [0.25, 0.3) is 0 Å². The van der Waals surface area contributed by atoms with Gasteiger partial charge in [-0.25, -0.2) is 9.30 Å². The van der Waals surface area contributed by atoms with Crippen LogP contribution in [-0.4, -0.2) is 52.6 Å². The number of rotatable bonds is 5. The molecule has 1 fully saturated rings. The van der Waals surface area contributed by atoms with Gasteiger partial charge in [-0.1, -0.05) is 25.1 Å². The summed E-state index contributed by atoms with van der Waals surface area (Å²) in [5.74, 6) is -2.06. The van der Waals surface area contributed by atoms with Crippen molar-refractivity contribution in [2.24, 2.45) is 10.9 Å². The molecule has 1 aromatic rings. The van der Waals surface area contributed by atoms with Crippen molar-refractivity contribution in [3.63, 3.8) is 0 Å². The van der Waals surface area contributed by atoms with Gasteiger partial charge in [0.05, 0.1) is 23.8 Å². The van der Waals surface area contributed by atoms with Crippen LogP contribution in [0.15, 0.2) is 35.3 Å². The van der Waals surface area contributed by atoms with Gasteiger partial charge in [0.1, 0.15) is 0 Å². The maximum Gasteiger partial charge on any atom is 1.00 e. The molecule has 0 unspecified atom stereocenters. The van der Waals surface area contributed by atoms with Gasteiger partial charge in [-0.3, -0.25) is 9.35 Å². The molecule has 0 bridgehead atoms. The van der Waals surface area contributed by atoms with Gasteiger partial charge in [0, 0.05) is 6.10 Å². The summed E-state index contributed by atoms with van der Waals surface area (Å²) in [6, 6.07) is 7.02. The Hall–Kier alpha value is -0.534. The Morgan fingerprint density at radius 2 is 1.88 bits per heavy atom. The minimum Gasteiger partial charge on any atom is -0.595 e. The van der Waals surface area contributed by atoms with Crippen molar-refractivity contribution in [3.8, 4) is 0 Å². The van der Waals surface area contributed by atoms with Gasteiger partial charge in [-0.15, -0.1) is 0 Å². The molecule has 1 amide bonds. The summed E-state index contributed by atoms with van der Waals surface area (Å²) >= 11 is 0. The van der Waals surface area contributed by atoms with E-state index in [1.807, 2.05) is 0 Å². The van der Waals surface area contributed by atoms with Crippen molar-refractivity contribution in [2.75, 3.05) is 0 Å². The summed E-state index contributed by atoms with van der Waals surface area (Å²) in [4.78, 5) is 15.5. The van der Waals surface area contributed by atoms with Crippen molar-refractivity contribution in [1.29, 1.82) is 0 Å². The van der Waals surface area contributed by atoms with E-state index in [0.29, 0.717) is 5.69 Å². The van der Waals surface area contributed by atoms with Crippen LogP contribution in [-0.2, 0) is 19.8 Å². The predicted molar refractivity (Wildman–Crippen MR) is 81.4 cm³/mol. The largest absolute Gasteiger partial charge is 1.00 e. The van der Waals surface area contributed by atoms with Crippen LogP contribution in [0.5, 0.6) is 0 Å². The SMILES string of the molecule is C[C@H](OC([O-])=Nc1ccccc1)[C@@H]1[C@@H]([C@@H](C)O)C(=O)N1S(=O)(=O)O.[K+]. The minimum absolute atomic E-state index is 0. The summed E-state index contributed by atoms with van der Waals surface area (Å²) in [5.41, 5.74) is 0.345. The van der Waals surface area contributed by atoms with Gasteiger partial charge in [0.2, 0.25) is 5.91 Å². The maximum atomic E-state index is 11.8. The van der Waals surface area contributed by atoms with Crippen molar-refractivity contribution in [1.82, 2.24) is 4.31 Å². The maximum absolute atomic E-state index is 11.8. The van der Waals surface area contributed by atoms with Crippen molar-refractivity contribution in [2.45, 2.75) is 32.1 Å². The molecule has 2 rings (SSSR count). The van der Waals surface area contributed by atoms with Crippen molar-refractivity contribution < 1.29 is 84.1 Å². The number of carbonyl (C=O) groups excluding carboxylic acids is 1. The van der Waals surface area contributed by atoms with E-state index < -0.39 is 46.5 Å². The van der Waals surface area contributed by atoms with Crippen LogP contribution in [0.2, 0.25) is 0 Å². The fourth-order valence-electron chi connectivity index (χ4n) is 2.61. The Balaban J connectivity index is 0.00000312. The smallest absolute Gasteiger partial charge is 0.595 e. The van der Waals surface area contributed by atoms with Gasteiger partial charge < -0.3 is 14.9 Å². The first-order valence-electron chi connectivity index (χ1n) is 7.09. The van der Waals surface area contributed by atoms with Crippen LogP contribution < -0.4 is 56.5 Å². The molecule has 132 valence electrons. The third-order valence-electron chi connectivity index (χ3n) is 3.65. The molecule has 1 heterocycles. The molecule has 1 aliphatic rings. The number of ether oxygens (including phenoxy) is 1. The molecule has 4 atom stereocenters. The molecule has 0 saturated carbocycles. The van der Waals surface area contributed by atoms with Crippen molar-refractivity contribution in [3.05, 3.63) is 30.3 Å². The zero-order valence-electron chi connectivity index (χ0n) is 13.9. The standard InChI is InChI=1S/C14H18N2O7S.K/c1-8(17)11-12(16(13(11)18)24(20,21)22)9(2)23-14(19)15-10-6-4-3-5-7-10;/h3-9,11-12,17H,1-2H3,(H,15,19)(H,20,21,22);/q;+1/p-1/t8-,9+,11-,12-;/m1./s1. The van der Waals surface area contributed by atoms with Gasteiger partial charge in [-0.05, 0) is 19.1 Å². The zero-order valence-corrected chi connectivity index (χ0v) is 17.9. The molecule has 25 heavy (non-hydrogen) atoms. The summed E-state index contributed by atoms with van der Waals surface area (Å²) in [6.45, 7) is 2.66. The first-order chi connectivity index (χ1) is 11.1. The van der Waals surface area contributed by atoms with E-state index in [1.54, 1.807) is 30.3 Å². The van der Waals surface area contributed by atoms with E-state index in [1.165, 1.54) is 13.8 Å². The molecule has 9 nitrogen and oxygen atoms in total. The molecular weight excluding hydrogens is 379 g/mol. The number of aliphatic imine (C=N–C) groups is 1. The number of aliphatic hydroxyl groups excluding tert-OH is 1. The Kier molecular flexibility index (Phi) is 8.02. The second kappa shape index (κ2) is 8.91. The molecule has 2 N–H and O–H groups in total. The van der Waals surface area contributed by atoms with Gasteiger partial charge >= 0.3 is 61.7 Å². The fraction of sp³-hybridized carbons (Fsp3) is 0.429. The quantitative estimate of drug-likeness (QED) is 0.173. The fourth-order valence-corrected chi connectivity index (χ4v) is 3.57. The second-order valence-electron chi connectivity index (χ2n) is 5.41. The molecule has 0 aliphatic carbocycles. The average Bonchev–Trinajstić information content (AvgIpc) is 2.43. The zero-order chi connectivity index (χ0) is 18.1. The van der Waals surface area contributed by atoms with Crippen LogP contribution in [0.4, 0.5) is 5.69 Å². The van der Waals surface area contributed by atoms with Crippen LogP contribution in [0.3, 0.4) is 0 Å². The first kappa shape index (κ1) is 22.5. The van der Waals surface area contributed by atoms with E-state index >= 15 is 0 Å². The van der Waals surface area contributed by atoms with E-state index in [9.17, 15) is 23.4 Å². The number of aliphatic hydroxyl groups is 1. The number of nitrogens with zero attached hydrogens (tertiary/aromatic N) is 2. The molecule has 1 aromatic carbocycles. The molecule has 0 radical (unpaired) electrons. The van der Waals surface area contributed by atoms with E-state index in [-0.39, 0.29) is 55.7 Å². The van der Waals surface area contributed by atoms with Crippen LogP contribution >= 0.6 is 0 Å². The van der Waals surface area contributed by atoms with E-state index in [0.717, 1.165) is 0 Å². The molecule has 11 heteroatoms. The van der Waals surface area contributed by atoms with Gasteiger partial charge in [0.25, 0.3) is 0 Å². The Morgan fingerprint density at radius 3 is 2.36 bits per heavy atom. The molecular formula is C14H17KN2O7S. The minimum atomic E-state index is -4.82. The van der Waals surface area contributed by atoms with Gasteiger partial charge in [0.15, 0.2) is 6.08 Å². The Bertz CT molecular complexity index is 739. The number of hydrogen-bond acceptors (Lipinski definition) is 7. The second-order valence-corrected chi connectivity index (χ2v) is 6.69. The van der Waals surface area contributed by atoms with E-state index in [4.69, 9.17) is 9.29 Å². The predicted octanol–water partition coefficient (Wildman–Crippen LogP) is -3.55. The number of β-lactam (4-membered cyclic amide) rings is 1. The third kappa shape index (κ3) is 5.23. The van der Waals surface area contributed by atoms with Crippen molar-refractivity contribution >= 4 is 28.0 Å². The summed E-state index contributed by atoms with van der Waals surface area (Å²) in [7, 11) is -4.82. The monoisotopic (exact) mass is 396 g/mol. The van der Waals surface area contributed by atoms with Crippen LogP contribution in [0, 0.1) is 5.92 Å². The number of hydrogen-bond donors (Lipinski definition) is 2. The number of benzene rings is 1. The summed E-state index contributed by atoms with van der Waals surface area (Å²) in [5, 5.41) is 21.4. The molecule has 0 spiro atoms. The summed E-state index contributed by atoms with van der Waals surface area (Å²) < 4.78 is 37.0. The molecule has 0 aromatic heterocycles. The average molecular weight is 396 g/mol. The first-order valence-corrected chi connectivity index (χ1v) is 8.48. The number of para-hydroxylation sites is 1. The third-order valence-corrected chi connectivity index (χ3v) is 4.57. The number of amides is 1.